The fraction of sp³-hybridized carbons (Fsp3) is 0.316. The van der Waals surface area contributed by atoms with E-state index in [0.717, 1.165) is 22.6 Å². The van der Waals surface area contributed by atoms with Gasteiger partial charge in [0.2, 0.25) is 0 Å². The Bertz CT molecular complexity index is 615. The van der Waals surface area contributed by atoms with Gasteiger partial charge in [0, 0.05) is 0 Å². The summed E-state index contributed by atoms with van der Waals surface area (Å²) in [4.78, 5) is 11.9. The Morgan fingerprint density at radius 3 is 2.04 bits per heavy atom. The van der Waals surface area contributed by atoms with Gasteiger partial charge < -0.3 is 14.2 Å². The third-order valence-corrected chi connectivity index (χ3v) is 3.20. The molecule has 0 unspecified atom stereocenters. The van der Waals surface area contributed by atoms with Crippen LogP contribution in [0.4, 0.5) is 0 Å². The molecule has 4 heteroatoms. The Morgan fingerprint density at radius 1 is 0.913 bits per heavy atom. The van der Waals surface area contributed by atoms with Crippen molar-refractivity contribution in [2.45, 2.75) is 33.0 Å². The summed E-state index contributed by atoms with van der Waals surface area (Å²) in [7, 11) is 1.62. The van der Waals surface area contributed by atoms with Crippen LogP contribution in [-0.4, -0.2) is 19.2 Å². The Kier molecular flexibility index (Phi) is 6.03. The first-order chi connectivity index (χ1) is 11.1. The average Bonchev–Trinajstić information content (AvgIpc) is 2.55. The van der Waals surface area contributed by atoms with Crippen LogP contribution < -0.4 is 9.47 Å². The third-order valence-electron chi connectivity index (χ3n) is 3.20. The van der Waals surface area contributed by atoms with E-state index in [0.29, 0.717) is 0 Å². The van der Waals surface area contributed by atoms with Gasteiger partial charge in [-0.15, -0.1) is 0 Å². The maximum Gasteiger partial charge on any atom is 0.310 e. The van der Waals surface area contributed by atoms with Gasteiger partial charge in [-0.25, -0.2) is 0 Å². The van der Waals surface area contributed by atoms with Crippen LogP contribution >= 0.6 is 0 Å². The highest BCUT2D eigenvalue weighted by molar-refractivity contribution is 5.72. The Hall–Kier alpha value is -2.49. The molecule has 0 fully saturated rings. The van der Waals surface area contributed by atoms with Crippen LogP contribution in [0.5, 0.6) is 11.5 Å². The largest absolute Gasteiger partial charge is 0.497 e. The van der Waals surface area contributed by atoms with Gasteiger partial charge in [0.25, 0.3) is 0 Å². The van der Waals surface area contributed by atoms with Gasteiger partial charge in [-0.05, 0) is 49.2 Å². The number of ether oxygens (including phenoxy) is 3. The van der Waals surface area contributed by atoms with Gasteiger partial charge in [-0.3, -0.25) is 4.79 Å². The lowest BCUT2D eigenvalue weighted by atomic mass is 10.1. The van der Waals surface area contributed by atoms with Crippen LogP contribution in [-0.2, 0) is 22.6 Å². The Labute approximate surface area is 137 Å². The lowest BCUT2D eigenvalue weighted by Crippen LogP contribution is -2.08. The van der Waals surface area contributed by atoms with Crippen LogP contribution in [0, 0.1) is 0 Å². The number of hydrogen-bond acceptors (Lipinski definition) is 4. The molecule has 0 N–H and O–H groups in total. The van der Waals surface area contributed by atoms with Gasteiger partial charge in [0.05, 0.1) is 19.6 Å². The molecule has 0 aliphatic rings. The van der Waals surface area contributed by atoms with Gasteiger partial charge in [-0.1, -0.05) is 24.3 Å². The zero-order chi connectivity index (χ0) is 16.7. The molecule has 2 rings (SSSR count). The number of carbonyl (C=O) groups is 1. The number of esters is 1. The smallest absolute Gasteiger partial charge is 0.310 e. The molecule has 23 heavy (non-hydrogen) atoms. The maximum absolute atomic E-state index is 11.9. The van der Waals surface area contributed by atoms with Crippen molar-refractivity contribution in [3.05, 3.63) is 59.7 Å². The van der Waals surface area contributed by atoms with E-state index in [9.17, 15) is 4.79 Å². The van der Waals surface area contributed by atoms with Gasteiger partial charge >= 0.3 is 5.97 Å². The van der Waals surface area contributed by atoms with Crippen molar-refractivity contribution in [2.75, 3.05) is 7.11 Å². The molecule has 0 heterocycles. The van der Waals surface area contributed by atoms with Gasteiger partial charge in [0.15, 0.2) is 0 Å². The molecular formula is C19H22O4. The quantitative estimate of drug-likeness (QED) is 0.730. The molecule has 2 aromatic carbocycles. The first-order valence-electron chi connectivity index (χ1n) is 7.61. The van der Waals surface area contributed by atoms with Crippen molar-refractivity contribution in [1.82, 2.24) is 0 Å². The minimum Gasteiger partial charge on any atom is -0.497 e. The van der Waals surface area contributed by atoms with Gasteiger partial charge in [-0.2, -0.15) is 0 Å². The van der Waals surface area contributed by atoms with E-state index < -0.39 is 0 Å². The molecule has 122 valence electrons. The Morgan fingerprint density at radius 2 is 1.48 bits per heavy atom. The van der Waals surface area contributed by atoms with E-state index in [4.69, 9.17) is 14.2 Å². The van der Waals surface area contributed by atoms with E-state index in [1.807, 2.05) is 62.4 Å². The van der Waals surface area contributed by atoms with Crippen molar-refractivity contribution in [3.8, 4) is 11.5 Å². The molecule has 4 nitrogen and oxygen atoms in total. The zero-order valence-corrected chi connectivity index (χ0v) is 13.7. The first kappa shape index (κ1) is 16.9. The fourth-order valence-corrected chi connectivity index (χ4v) is 2.06. The van der Waals surface area contributed by atoms with Crippen LogP contribution in [0.2, 0.25) is 0 Å². The lowest BCUT2D eigenvalue weighted by Gasteiger charge is -2.10. The van der Waals surface area contributed by atoms with Crippen LogP contribution in [0.15, 0.2) is 48.5 Å². The Balaban J connectivity index is 1.81. The molecule has 0 atom stereocenters. The molecule has 0 aromatic heterocycles. The fourth-order valence-electron chi connectivity index (χ4n) is 2.06. The SMILES string of the molecule is COc1ccc(COC(=O)Cc2ccc(OC(C)C)cc2)cc1. The summed E-state index contributed by atoms with van der Waals surface area (Å²) >= 11 is 0. The van der Waals surface area contributed by atoms with Crippen molar-refractivity contribution in [1.29, 1.82) is 0 Å². The lowest BCUT2D eigenvalue weighted by molar-refractivity contribution is -0.144. The minimum atomic E-state index is -0.252. The highest BCUT2D eigenvalue weighted by atomic mass is 16.5. The molecule has 0 saturated heterocycles. The second-order valence-corrected chi connectivity index (χ2v) is 5.50. The predicted molar refractivity (Wildman–Crippen MR) is 88.7 cm³/mol. The average molecular weight is 314 g/mol. The summed E-state index contributed by atoms with van der Waals surface area (Å²) in [5, 5.41) is 0. The normalized spacial score (nSPS) is 10.4. The van der Waals surface area contributed by atoms with E-state index in [-0.39, 0.29) is 25.1 Å². The molecule has 0 bridgehead atoms. The predicted octanol–water partition coefficient (Wildman–Crippen LogP) is 3.77. The molecule has 0 spiro atoms. The van der Waals surface area contributed by atoms with Crippen molar-refractivity contribution >= 4 is 5.97 Å². The zero-order valence-electron chi connectivity index (χ0n) is 13.7. The van der Waals surface area contributed by atoms with E-state index in [2.05, 4.69) is 0 Å². The first-order valence-corrected chi connectivity index (χ1v) is 7.61. The van der Waals surface area contributed by atoms with Crippen molar-refractivity contribution in [2.24, 2.45) is 0 Å². The second-order valence-electron chi connectivity index (χ2n) is 5.50. The van der Waals surface area contributed by atoms with Gasteiger partial charge in [0.1, 0.15) is 18.1 Å². The van der Waals surface area contributed by atoms with E-state index in [1.165, 1.54) is 0 Å². The molecule has 2 aromatic rings. The summed E-state index contributed by atoms with van der Waals surface area (Å²) < 4.78 is 16.0. The topological polar surface area (TPSA) is 44.8 Å². The third kappa shape index (κ3) is 5.66. The van der Waals surface area contributed by atoms with Crippen LogP contribution in [0.1, 0.15) is 25.0 Å². The number of hydrogen-bond donors (Lipinski definition) is 0. The maximum atomic E-state index is 11.9. The summed E-state index contributed by atoms with van der Waals surface area (Å²) in [5.74, 6) is 1.33. The van der Waals surface area contributed by atoms with Crippen LogP contribution in [0.25, 0.3) is 0 Å². The van der Waals surface area contributed by atoms with Crippen molar-refractivity contribution in [3.63, 3.8) is 0 Å². The highest BCUT2D eigenvalue weighted by Gasteiger charge is 2.06. The molecular weight excluding hydrogens is 292 g/mol. The number of rotatable bonds is 7. The second kappa shape index (κ2) is 8.22. The summed E-state index contributed by atoms with van der Waals surface area (Å²) in [5.41, 5.74) is 1.83. The standard InChI is InChI=1S/C19H22O4/c1-14(2)23-18-10-4-15(5-11-18)12-19(20)22-13-16-6-8-17(21-3)9-7-16/h4-11,14H,12-13H2,1-3H3. The van der Waals surface area contributed by atoms with E-state index in [1.54, 1.807) is 7.11 Å². The summed E-state index contributed by atoms with van der Waals surface area (Å²) in [6, 6.07) is 14.9. The number of benzene rings is 2. The number of methoxy groups -OCH3 is 1. The molecule has 0 aliphatic heterocycles. The molecule has 0 radical (unpaired) electrons. The minimum absolute atomic E-state index is 0.135. The van der Waals surface area contributed by atoms with E-state index >= 15 is 0 Å². The monoisotopic (exact) mass is 314 g/mol. The molecule has 0 aliphatic carbocycles. The molecule has 0 saturated carbocycles. The highest BCUT2D eigenvalue weighted by Crippen LogP contribution is 2.15. The molecule has 0 amide bonds. The summed E-state index contributed by atoms with van der Waals surface area (Å²) in [6.07, 6.45) is 0.383. The van der Waals surface area contributed by atoms with Crippen LogP contribution in [0.3, 0.4) is 0 Å². The van der Waals surface area contributed by atoms with Crippen molar-refractivity contribution < 1.29 is 19.0 Å². The summed E-state index contributed by atoms with van der Waals surface area (Å²) in [6.45, 7) is 4.21. The number of carbonyl (C=O) groups excluding carboxylic acids is 1.